The van der Waals surface area contributed by atoms with Crippen LogP contribution in [0.1, 0.15) is 65.2 Å². The Morgan fingerprint density at radius 3 is 2.39 bits per heavy atom. The summed E-state index contributed by atoms with van der Waals surface area (Å²) in [5, 5.41) is 8.77. The molecule has 0 bridgehead atoms. The summed E-state index contributed by atoms with van der Waals surface area (Å²) in [6, 6.07) is 9.72. The van der Waals surface area contributed by atoms with E-state index in [1.54, 1.807) is 7.11 Å². The van der Waals surface area contributed by atoms with Crippen LogP contribution in [0, 0.1) is 0 Å². The predicted octanol–water partition coefficient (Wildman–Crippen LogP) is 4.95. The summed E-state index contributed by atoms with van der Waals surface area (Å²) in [7, 11) is 1.71. The van der Waals surface area contributed by atoms with Gasteiger partial charge in [-0.3, -0.25) is 4.98 Å². The number of anilines is 1. The van der Waals surface area contributed by atoms with Crippen molar-refractivity contribution in [1.29, 1.82) is 0 Å². The zero-order valence-electron chi connectivity index (χ0n) is 20.1. The second-order valence-corrected chi connectivity index (χ2v) is 10.5. The fourth-order valence-corrected chi connectivity index (χ4v) is 5.34. The molecule has 1 aromatic carbocycles. The Bertz CT molecular complexity index is 938. The van der Waals surface area contributed by atoms with E-state index in [0.29, 0.717) is 24.7 Å². The topological polar surface area (TPSA) is 73.9 Å². The van der Waals surface area contributed by atoms with E-state index in [9.17, 15) is 0 Å². The number of benzene rings is 1. The standard InChI is InChI=1S/C26H37N3O4/c1-25(2)17-31-26(33-32-25)12-10-21(11-13-26)28-19-6-8-20(9-7-19)29-23-16-22(30-3)15-18-5-4-14-27-24(18)23/h4-5,14-16,19-21,28-29H,6-13,17H2,1-3H3. The number of methoxy groups -OCH3 is 1. The molecule has 0 amide bonds. The minimum atomic E-state index is -0.539. The summed E-state index contributed by atoms with van der Waals surface area (Å²) in [4.78, 5) is 15.9. The zero-order valence-corrected chi connectivity index (χ0v) is 20.1. The number of aromatic nitrogens is 1. The molecule has 1 saturated heterocycles. The first-order valence-electron chi connectivity index (χ1n) is 12.4. The molecule has 3 fully saturated rings. The molecule has 33 heavy (non-hydrogen) atoms. The highest BCUT2D eigenvalue weighted by atomic mass is 17.2. The molecule has 180 valence electrons. The van der Waals surface area contributed by atoms with Gasteiger partial charge < -0.3 is 20.1 Å². The van der Waals surface area contributed by atoms with Crippen LogP contribution in [0.2, 0.25) is 0 Å². The third-order valence-electron chi connectivity index (χ3n) is 7.32. The summed E-state index contributed by atoms with van der Waals surface area (Å²) >= 11 is 0. The second-order valence-electron chi connectivity index (χ2n) is 10.5. The van der Waals surface area contributed by atoms with Crippen LogP contribution in [0.5, 0.6) is 5.75 Å². The van der Waals surface area contributed by atoms with Gasteiger partial charge in [-0.25, -0.2) is 9.78 Å². The van der Waals surface area contributed by atoms with Crippen LogP contribution in [0.15, 0.2) is 30.5 Å². The van der Waals surface area contributed by atoms with Gasteiger partial charge in [-0.05, 0) is 64.5 Å². The molecule has 2 N–H and O–H groups in total. The molecule has 1 aromatic heterocycles. The average Bonchev–Trinajstić information content (AvgIpc) is 2.84. The molecule has 2 saturated carbocycles. The van der Waals surface area contributed by atoms with Gasteiger partial charge in [-0.2, -0.15) is 0 Å². The van der Waals surface area contributed by atoms with Crippen molar-refractivity contribution in [3.63, 3.8) is 0 Å². The molecular weight excluding hydrogens is 418 g/mol. The highest BCUT2D eigenvalue weighted by molar-refractivity contribution is 5.91. The van der Waals surface area contributed by atoms with Gasteiger partial charge in [0.15, 0.2) is 0 Å². The summed E-state index contributed by atoms with van der Waals surface area (Å²) in [5.41, 5.74) is 1.71. The lowest BCUT2D eigenvalue weighted by Gasteiger charge is -2.45. The van der Waals surface area contributed by atoms with Crippen molar-refractivity contribution in [2.24, 2.45) is 0 Å². The van der Waals surface area contributed by atoms with E-state index >= 15 is 0 Å². The van der Waals surface area contributed by atoms with Gasteiger partial charge in [-0.1, -0.05) is 6.07 Å². The summed E-state index contributed by atoms with van der Waals surface area (Å²) in [5.74, 6) is 0.325. The van der Waals surface area contributed by atoms with Crippen LogP contribution in [0.25, 0.3) is 10.9 Å². The summed E-state index contributed by atoms with van der Waals surface area (Å²) in [6.07, 6.45) is 10.4. The lowest BCUT2D eigenvalue weighted by atomic mass is 9.86. The Hall–Kier alpha value is -1.93. The third kappa shape index (κ3) is 5.27. The van der Waals surface area contributed by atoms with Gasteiger partial charge in [0.1, 0.15) is 11.4 Å². The Morgan fingerprint density at radius 2 is 1.70 bits per heavy atom. The van der Waals surface area contributed by atoms with Gasteiger partial charge in [0.25, 0.3) is 0 Å². The number of fused-ring (bicyclic) bond motifs is 1. The molecule has 0 radical (unpaired) electrons. The summed E-state index contributed by atoms with van der Waals surface area (Å²) in [6.45, 7) is 4.57. The van der Waals surface area contributed by atoms with Gasteiger partial charge >= 0.3 is 0 Å². The predicted molar refractivity (Wildman–Crippen MR) is 128 cm³/mol. The van der Waals surface area contributed by atoms with Crippen LogP contribution in [0.3, 0.4) is 0 Å². The molecule has 2 aromatic rings. The number of hydrogen-bond acceptors (Lipinski definition) is 7. The first-order chi connectivity index (χ1) is 15.9. The van der Waals surface area contributed by atoms with E-state index in [1.165, 1.54) is 12.8 Å². The van der Waals surface area contributed by atoms with E-state index in [0.717, 1.165) is 60.9 Å². The van der Waals surface area contributed by atoms with Crippen molar-refractivity contribution in [3.05, 3.63) is 30.5 Å². The van der Waals surface area contributed by atoms with Gasteiger partial charge in [0.05, 0.1) is 24.9 Å². The van der Waals surface area contributed by atoms with Crippen molar-refractivity contribution >= 4 is 16.6 Å². The third-order valence-corrected chi connectivity index (χ3v) is 7.32. The molecule has 3 aliphatic rings. The number of rotatable bonds is 5. The van der Waals surface area contributed by atoms with Gasteiger partial charge in [0, 0.05) is 48.6 Å². The molecule has 7 heteroatoms. The largest absolute Gasteiger partial charge is 0.497 e. The highest BCUT2D eigenvalue weighted by Gasteiger charge is 2.45. The summed E-state index contributed by atoms with van der Waals surface area (Å²) < 4.78 is 11.6. The molecule has 2 heterocycles. The lowest BCUT2D eigenvalue weighted by molar-refractivity contribution is -0.511. The number of pyridine rings is 1. The molecule has 5 rings (SSSR count). The van der Waals surface area contributed by atoms with Crippen molar-refractivity contribution in [2.75, 3.05) is 19.0 Å². The molecule has 1 spiro atoms. The maximum atomic E-state index is 6.08. The van der Waals surface area contributed by atoms with Gasteiger partial charge in [-0.15, -0.1) is 0 Å². The van der Waals surface area contributed by atoms with Crippen LogP contribution in [-0.4, -0.2) is 48.2 Å². The number of ether oxygens (including phenoxy) is 2. The van der Waals surface area contributed by atoms with Crippen LogP contribution in [-0.2, 0) is 14.5 Å². The van der Waals surface area contributed by atoms with E-state index in [4.69, 9.17) is 19.2 Å². The van der Waals surface area contributed by atoms with E-state index < -0.39 is 5.79 Å². The van der Waals surface area contributed by atoms with Crippen LogP contribution < -0.4 is 15.4 Å². The quantitative estimate of drug-likeness (QED) is 0.618. The second kappa shape index (κ2) is 9.37. The fraction of sp³-hybridized carbons (Fsp3) is 0.654. The number of hydrogen-bond donors (Lipinski definition) is 2. The van der Waals surface area contributed by atoms with Crippen molar-refractivity contribution in [3.8, 4) is 5.75 Å². The fourth-order valence-electron chi connectivity index (χ4n) is 5.34. The molecule has 7 nitrogen and oxygen atoms in total. The van der Waals surface area contributed by atoms with E-state index in [1.807, 2.05) is 32.2 Å². The van der Waals surface area contributed by atoms with Crippen LogP contribution in [0.4, 0.5) is 5.69 Å². The van der Waals surface area contributed by atoms with E-state index in [-0.39, 0.29) is 5.60 Å². The minimum Gasteiger partial charge on any atom is -0.497 e. The first-order valence-corrected chi connectivity index (χ1v) is 12.4. The Balaban J connectivity index is 1.11. The van der Waals surface area contributed by atoms with Crippen molar-refractivity contribution < 1.29 is 19.2 Å². The minimum absolute atomic E-state index is 0.361. The maximum absolute atomic E-state index is 6.08. The first kappa shape index (κ1) is 22.8. The van der Waals surface area contributed by atoms with Crippen molar-refractivity contribution in [1.82, 2.24) is 10.3 Å². The Labute approximate surface area is 196 Å². The van der Waals surface area contributed by atoms with Crippen molar-refractivity contribution in [2.45, 2.75) is 94.7 Å². The molecular formula is C26H37N3O4. The number of nitrogens with one attached hydrogen (secondary N) is 2. The average molecular weight is 456 g/mol. The number of nitrogens with zero attached hydrogens (tertiary/aromatic N) is 1. The van der Waals surface area contributed by atoms with Crippen LogP contribution >= 0.6 is 0 Å². The molecule has 1 aliphatic heterocycles. The maximum Gasteiger partial charge on any atom is 0.201 e. The lowest BCUT2D eigenvalue weighted by Crippen LogP contribution is -2.53. The molecule has 2 aliphatic carbocycles. The smallest absolute Gasteiger partial charge is 0.201 e. The molecule has 0 atom stereocenters. The molecule has 0 unspecified atom stereocenters. The highest BCUT2D eigenvalue weighted by Crippen LogP contribution is 2.39. The van der Waals surface area contributed by atoms with E-state index in [2.05, 4.69) is 27.8 Å². The normalized spacial score (nSPS) is 32.0. The Morgan fingerprint density at radius 1 is 0.970 bits per heavy atom. The zero-order chi connectivity index (χ0) is 22.9. The van der Waals surface area contributed by atoms with Gasteiger partial charge in [0.2, 0.25) is 5.79 Å². The SMILES string of the molecule is COc1cc(NC2CCC(NC3CCC4(CC3)OCC(C)(C)OO4)CC2)c2ncccc2c1. The Kier molecular flexibility index (Phi) is 6.49. The monoisotopic (exact) mass is 455 g/mol.